The summed E-state index contributed by atoms with van der Waals surface area (Å²) in [4.78, 5) is 9.42. The van der Waals surface area contributed by atoms with Gasteiger partial charge in [0, 0.05) is 51.2 Å². The van der Waals surface area contributed by atoms with Gasteiger partial charge in [0.1, 0.15) is 0 Å². The van der Waals surface area contributed by atoms with E-state index in [1.165, 1.54) is 57.4 Å². The molecule has 3 rings (SSSR count). The first-order valence-electron chi connectivity index (χ1n) is 8.16. The Labute approximate surface area is 123 Å². The number of piperazine rings is 1. The van der Waals surface area contributed by atoms with Gasteiger partial charge in [0.15, 0.2) is 0 Å². The van der Waals surface area contributed by atoms with Gasteiger partial charge in [0.05, 0.1) is 0 Å². The van der Waals surface area contributed by atoms with Gasteiger partial charge < -0.3 is 0 Å². The Morgan fingerprint density at radius 2 is 1.65 bits per heavy atom. The third-order valence-corrected chi connectivity index (χ3v) is 5.06. The number of pyridine rings is 1. The monoisotopic (exact) mass is 273 g/mol. The van der Waals surface area contributed by atoms with E-state index in [4.69, 9.17) is 0 Å². The maximum Gasteiger partial charge on any atom is 0.0271 e. The molecule has 1 aliphatic carbocycles. The zero-order valence-electron chi connectivity index (χ0n) is 12.7. The number of hydrogen-bond donors (Lipinski definition) is 0. The number of hydrogen-bond acceptors (Lipinski definition) is 3. The molecule has 0 N–H and O–H groups in total. The molecule has 1 aromatic rings. The van der Waals surface area contributed by atoms with Crippen LogP contribution in [-0.2, 0) is 6.54 Å². The van der Waals surface area contributed by atoms with Crippen molar-refractivity contribution in [3.8, 4) is 0 Å². The summed E-state index contributed by atoms with van der Waals surface area (Å²) in [5.41, 5.74) is 1.39. The third kappa shape index (κ3) is 3.58. The predicted octanol–water partition coefficient (Wildman–Crippen LogP) is 2.78. The molecule has 2 fully saturated rings. The molecule has 1 aliphatic heterocycles. The summed E-state index contributed by atoms with van der Waals surface area (Å²) in [6.45, 7) is 8.43. The maximum absolute atomic E-state index is 4.09. The van der Waals surface area contributed by atoms with Gasteiger partial charge in [-0.1, -0.05) is 6.92 Å². The Morgan fingerprint density at radius 1 is 1.00 bits per heavy atom. The van der Waals surface area contributed by atoms with Crippen molar-refractivity contribution in [3.05, 3.63) is 30.1 Å². The van der Waals surface area contributed by atoms with Gasteiger partial charge in [0.2, 0.25) is 0 Å². The van der Waals surface area contributed by atoms with Crippen LogP contribution < -0.4 is 0 Å². The number of nitrogens with zero attached hydrogens (tertiary/aromatic N) is 3. The van der Waals surface area contributed by atoms with Crippen LogP contribution in [0.15, 0.2) is 24.5 Å². The van der Waals surface area contributed by atoms with Gasteiger partial charge in [-0.05, 0) is 49.3 Å². The summed E-state index contributed by atoms with van der Waals surface area (Å²) >= 11 is 0. The van der Waals surface area contributed by atoms with Crippen LogP contribution in [-0.4, -0.2) is 47.0 Å². The molecule has 0 spiro atoms. The molecular formula is C17H27N3. The van der Waals surface area contributed by atoms with Crippen molar-refractivity contribution in [1.82, 2.24) is 14.8 Å². The van der Waals surface area contributed by atoms with E-state index in [-0.39, 0.29) is 0 Å². The molecule has 2 heterocycles. The molecule has 0 atom stereocenters. The Morgan fingerprint density at radius 3 is 2.30 bits per heavy atom. The fourth-order valence-electron chi connectivity index (χ4n) is 3.64. The molecule has 20 heavy (non-hydrogen) atoms. The van der Waals surface area contributed by atoms with Gasteiger partial charge in [-0.2, -0.15) is 0 Å². The van der Waals surface area contributed by atoms with E-state index in [2.05, 4.69) is 33.8 Å². The molecule has 0 bridgehead atoms. The molecule has 1 saturated heterocycles. The fraction of sp³-hybridized carbons (Fsp3) is 0.706. The molecular weight excluding hydrogens is 246 g/mol. The van der Waals surface area contributed by atoms with Crippen LogP contribution >= 0.6 is 0 Å². The van der Waals surface area contributed by atoms with Crippen molar-refractivity contribution in [2.24, 2.45) is 5.92 Å². The fourth-order valence-corrected chi connectivity index (χ4v) is 3.64. The maximum atomic E-state index is 4.09. The Hall–Kier alpha value is -0.930. The second kappa shape index (κ2) is 6.68. The largest absolute Gasteiger partial charge is 0.298 e. The van der Waals surface area contributed by atoms with Crippen molar-refractivity contribution in [3.63, 3.8) is 0 Å². The Balaban J connectivity index is 1.45. The predicted molar refractivity (Wildman–Crippen MR) is 82.5 cm³/mol. The zero-order chi connectivity index (χ0) is 13.8. The van der Waals surface area contributed by atoms with Crippen LogP contribution in [0.5, 0.6) is 0 Å². The second-order valence-corrected chi connectivity index (χ2v) is 6.58. The highest BCUT2D eigenvalue weighted by molar-refractivity contribution is 5.09. The normalized spacial score (nSPS) is 29.4. The molecule has 0 amide bonds. The van der Waals surface area contributed by atoms with Crippen LogP contribution in [0.1, 0.15) is 38.2 Å². The summed E-state index contributed by atoms with van der Waals surface area (Å²) in [6.07, 6.45) is 9.50. The lowest BCUT2D eigenvalue weighted by Gasteiger charge is -2.41. The SMILES string of the molecule is CC1CCC(N2CCN(Cc3ccncc3)CC2)CC1. The highest BCUT2D eigenvalue weighted by Crippen LogP contribution is 2.27. The number of rotatable bonds is 3. The topological polar surface area (TPSA) is 19.4 Å². The first kappa shape index (κ1) is 14.0. The van der Waals surface area contributed by atoms with Crippen molar-refractivity contribution < 1.29 is 0 Å². The molecule has 2 aliphatic rings. The van der Waals surface area contributed by atoms with Gasteiger partial charge in [-0.3, -0.25) is 14.8 Å². The third-order valence-electron chi connectivity index (χ3n) is 5.06. The minimum absolute atomic E-state index is 0.870. The summed E-state index contributed by atoms with van der Waals surface area (Å²) in [6, 6.07) is 5.14. The second-order valence-electron chi connectivity index (χ2n) is 6.58. The molecule has 0 aromatic carbocycles. The van der Waals surface area contributed by atoms with Crippen molar-refractivity contribution in [1.29, 1.82) is 0 Å². The molecule has 1 saturated carbocycles. The summed E-state index contributed by atoms with van der Waals surface area (Å²) in [5, 5.41) is 0. The van der Waals surface area contributed by atoms with E-state index in [0.717, 1.165) is 18.5 Å². The summed E-state index contributed by atoms with van der Waals surface area (Å²) in [5.74, 6) is 0.958. The van der Waals surface area contributed by atoms with Crippen LogP contribution in [0.2, 0.25) is 0 Å². The van der Waals surface area contributed by atoms with Gasteiger partial charge in [0.25, 0.3) is 0 Å². The quantitative estimate of drug-likeness (QED) is 0.844. The van der Waals surface area contributed by atoms with E-state index in [0.29, 0.717) is 0 Å². The summed E-state index contributed by atoms with van der Waals surface area (Å²) < 4.78 is 0. The van der Waals surface area contributed by atoms with E-state index in [1.54, 1.807) is 0 Å². The van der Waals surface area contributed by atoms with E-state index in [9.17, 15) is 0 Å². The van der Waals surface area contributed by atoms with Crippen molar-refractivity contribution in [2.45, 2.75) is 45.2 Å². The molecule has 0 unspecified atom stereocenters. The van der Waals surface area contributed by atoms with Crippen LogP contribution in [0.25, 0.3) is 0 Å². The van der Waals surface area contributed by atoms with Crippen LogP contribution in [0.3, 0.4) is 0 Å². The smallest absolute Gasteiger partial charge is 0.0271 e. The van der Waals surface area contributed by atoms with Gasteiger partial charge in [-0.15, -0.1) is 0 Å². The molecule has 1 aromatic heterocycles. The van der Waals surface area contributed by atoms with Crippen LogP contribution in [0, 0.1) is 5.92 Å². The van der Waals surface area contributed by atoms with E-state index in [1.807, 2.05) is 12.4 Å². The lowest BCUT2D eigenvalue weighted by molar-refractivity contribution is 0.0689. The van der Waals surface area contributed by atoms with Crippen molar-refractivity contribution >= 4 is 0 Å². The lowest BCUT2D eigenvalue weighted by Crippen LogP contribution is -2.50. The molecule has 0 radical (unpaired) electrons. The number of aromatic nitrogens is 1. The highest BCUT2D eigenvalue weighted by Gasteiger charge is 2.26. The van der Waals surface area contributed by atoms with Gasteiger partial charge in [-0.25, -0.2) is 0 Å². The Kier molecular flexibility index (Phi) is 4.69. The molecule has 3 nitrogen and oxygen atoms in total. The minimum atomic E-state index is 0.870. The Bertz CT molecular complexity index is 390. The van der Waals surface area contributed by atoms with E-state index >= 15 is 0 Å². The molecule has 110 valence electrons. The zero-order valence-corrected chi connectivity index (χ0v) is 12.7. The van der Waals surface area contributed by atoms with Gasteiger partial charge >= 0.3 is 0 Å². The van der Waals surface area contributed by atoms with E-state index < -0.39 is 0 Å². The first-order chi connectivity index (χ1) is 9.81. The van der Waals surface area contributed by atoms with Crippen molar-refractivity contribution in [2.75, 3.05) is 26.2 Å². The molecule has 3 heteroatoms. The lowest BCUT2D eigenvalue weighted by atomic mass is 9.86. The standard InChI is InChI=1S/C17H27N3/c1-15-2-4-17(5-3-15)20-12-10-19(11-13-20)14-16-6-8-18-9-7-16/h6-9,15,17H,2-5,10-14H2,1H3. The first-order valence-corrected chi connectivity index (χ1v) is 8.16. The highest BCUT2D eigenvalue weighted by atomic mass is 15.3. The average molecular weight is 273 g/mol. The van der Waals surface area contributed by atoms with Crippen LogP contribution in [0.4, 0.5) is 0 Å². The summed E-state index contributed by atoms with van der Waals surface area (Å²) in [7, 11) is 0. The minimum Gasteiger partial charge on any atom is -0.298 e. The average Bonchev–Trinajstić information content (AvgIpc) is 2.50.